The molecular formula is C14H28N2O. The second-order valence-corrected chi connectivity index (χ2v) is 6.65. The molecule has 1 aliphatic rings. The van der Waals surface area contributed by atoms with Crippen LogP contribution in [0, 0.1) is 22.7 Å². The molecule has 0 heterocycles. The van der Waals surface area contributed by atoms with Crippen molar-refractivity contribution >= 4 is 5.91 Å². The Morgan fingerprint density at radius 1 is 1.29 bits per heavy atom. The van der Waals surface area contributed by atoms with E-state index in [1.165, 1.54) is 0 Å². The Labute approximate surface area is 106 Å². The first-order valence-electron chi connectivity index (χ1n) is 6.69. The minimum Gasteiger partial charge on any atom is -0.354 e. The van der Waals surface area contributed by atoms with Crippen LogP contribution in [0.5, 0.6) is 0 Å². The summed E-state index contributed by atoms with van der Waals surface area (Å²) < 4.78 is 0. The Morgan fingerprint density at radius 2 is 1.76 bits per heavy atom. The Bertz CT molecular complexity index is 283. The zero-order chi connectivity index (χ0) is 13.4. The Morgan fingerprint density at radius 3 is 2.12 bits per heavy atom. The zero-order valence-electron chi connectivity index (χ0n) is 12.1. The van der Waals surface area contributed by atoms with Gasteiger partial charge in [0.1, 0.15) is 0 Å². The minimum atomic E-state index is -0.370. The second kappa shape index (κ2) is 4.60. The standard InChI is InChI=1S/C14H28N2O/c1-7-9(2)11(15)12(17)16-8-10-13(3,4)14(10,5)6/h9-11H,7-8,15H2,1-6H3,(H,16,17)/t9-,11-/m0/s1. The van der Waals surface area contributed by atoms with Crippen molar-refractivity contribution in [3.63, 3.8) is 0 Å². The molecule has 1 saturated carbocycles. The summed E-state index contributed by atoms with van der Waals surface area (Å²) >= 11 is 0. The number of rotatable bonds is 5. The highest BCUT2D eigenvalue weighted by atomic mass is 16.2. The van der Waals surface area contributed by atoms with Crippen molar-refractivity contribution < 1.29 is 4.79 Å². The molecule has 100 valence electrons. The lowest BCUT2D eigenvalue weighted by Gasteiger charge is -2.18. The third-order valence-corrected chi connectivity index (χ3v) is 5.36. The van der Waals surface area contributed by atoms with E-state index >= 15 is 0 Å². The molecule has 1 amide bonds. The van der Waals surface area contributed by atoms with E-state index in [9.17, 15) is 4.79 Å². The molecule has 0 radical (unpaired) electrons. The van der Waals surface area contributed by atoms with Crippen molar-refractivity contribution in [2.45, 2.75) is 54.0 Å². The maximum absolute atomic E-state index is 11.9. The molecule has 17 heavy (non-hydrogen) atoms. The van der Waals surface area contributed by atoms with Gasteiger partial charge in [0.15, 0.2) is 0 Å². The lowest BCUT2D eigenvalue weighted by Crippen LogP contribution is -2.45. The molecule has 0 aromatic rings. The van der Waals surface area contributed by atoms with Crippen LogP contribution in [0.25, 0.3) is 0 Å². The summed E-state index contributed by atoms with van der Waals surface area (Å²) in [6.45, 7) is 13.9. The normalized spacial score (nSPS) is 25.1. The van der Waals surface area contributed by atoms with E-state index in [4.69, 9.17) is 5.73 Å². The summed E-state index contributed by atoms with van der Waals surface area (Å²) in [6.07, 6.45) is 0.939. The van der Waals surface area contributed by atoms with Crippen LogP contribution in [-0.4, -0.2) is 18.5 Å². The Balaban J connectivity index is 2.41. The van der Waals surface area contributed by atoms with Crippen LogP contribution in [0.3, 0.4) is 0 Å². The first-order chi connectivity index (χ1) is 7.66. The maximum atomic E-state index is 11.9. The predicted molar refractivity (Wildman–Crippen MR) is 71.5 cm³/mol. The van der Waals surface area contributed by atoms with Crippen molar-refractivity contribution in [3.8, 4) is 0 Å². The number of nitrogens with one attached hydrogen (secondary N) is 1. The molecule has 1 rings (SSSR count). The Kier molecular flexibility index (Phi) is 3.92. The van der Waals surface area contributed by atoms with E-state index in [1.54, 1.807) is 0 Å². The van der Waals surface area contributed by atoms with Gasteiger partial charge in [0, 0.05) is 6.54 Å². The van der Waals surface area contributed by atoms with Crippen LogP contribution >= 0.6 is 0 Å². The molecule has 0 spiro atoms. The number of hydrogen-bond donors (Lipinski definition) is 2. The summed E-state index contributed by atoms with van der Waals surface area (Å²) in [5.74, 6) is 0.802. The van der Waals surface area contributed by atoms with Crippen LogP contribution < -0.4 is 11.1 Å². The third-order valence-electron chi connectivity index (χ3n) is 5.36. The molecule has 0 bridgehead atoms. The summed E-state index contributed by atoms with van der Waals surface area (Å²) in [5, 5.41) is 3.01. The van der Waals surface area contributed by atoms with Gasteiger partial charge in [-0.15, -0.1) is 0 Å². The monoisotopic (exact) mass is 240 g/mol. The highest BCUT2D eigenvalue weighted by molar-refractivity contribution is 5.81. The highest BCUT2D eigenvalue weighted by Gasteiger charge is 2.64. The summed E-state index contributed by atoms with van der Waals surface area (Å²) in [4.78, 5) is 11.9. The molecule has 0 aromatic carbocycles. The van der Waals surface area contributed by atoms with Crippen molar-refractivity contribution in [1.82, 2.24) is 5.32 Å². The first kappa shape index (κ1) is 14.5. The van der Waals surface area contributed by atoms with E-state index in [2.05, 4.69) is 39.9 Å². The number of carbonyl (C=O) groups is 1. The fourth-order valence-electron chi connectivity index (χ4n) is 2.68. The molecular weight excluding hydrogens is 212 g/mol. The second-order valence-electron chi connectivity index (χ2n) is 6.65. The number of hydrogen-bond acceptors (Lipinski definition) is 2. The molecule has 1 aliphatic carbocycles. The predicted octanol–water partition coefficient (Wildman–Crippen LogP) is 2.16. The molecule has 1 fully saturated rings. The van der Waals surface area contributed by atoms with Crippen LogP contribution in [0.2, 0.25) is 0 Å². The van der Waals surface area contributed by atoms with Crippen LogP contribution in [0.15, 0.2) is 0 Å². The molecule has 2 atom stereocenters. The van der Waals surface area contributed by atoms with E-state index in [1.807, 2.05) is 6.92 Å². The lowest BCUT2D eigenvalue weighted by atomic mass is 9.99. The van der Waals surface area contributed by atoms with Gasteiger partial charge in [0.2, 0.25) is 5.91 Å². The summed E-state index contributed by atoms with van der Waals surface area (Å²) in [5.41, 5.74) is 6.54. The fourth-order valence-corrected chi connectivity index (χ4v) is 2.68. The van der Waals surface area contributed by atoms with Gasteiger partial charge in [-0.1, -0.05) is 48.0 Å². The zero-order valence-corrected chi connectivity index (χ0v) is 12.1. The Hall–Kier alpha value is -0.570. The largest absolute Gasteiger partial charge is 0.354 e. The average molecular weight is 240 g/mol. The SMILES string of the molecule is CC[C@H](C)[C@H](N)C(=O)NCC1C(C)(C)C1(C)C. The average Bonchev–Trinajstić information content (AvgIpc) is 2.64. The van der Waals surface area contributed by atoms with Crippen LogP contribution in [0.1, 0.15) is 48.0 Å². The highest BCUT2D eigenvalue weighted by Crippen LogP contribution is 2.67. The molecule has 0 aliphatic heterocycles. The van der Waals surface area contributed by atoms with Gasteiger partial charge in [0.05, 0.1) is 6.04 Å². The van der Waals surface area contributed by atoms with Gasteiger partial charge in [-0.3, -0.25) is 4.79 Å². The van der Waals surface area contributed by atoms with E-state index < -0.39 is 0 Å². The minimum absolute atomic E-state index is 0.00199. The molecule has 3 heteroatoms. The molecule has 0 unspecified atom stereocenters. The van der Waals surface area contributed by atoms with Gasteiger partial charge in [0.25, 0.3) is 0 Å². The van der Waals surface area contributed by atoms with Crippen molar-refractivity contribution in [2.75, 3.05) is 6.54 Å². The molecule has 3 N–H and O–H groups in total. The first-order valence-corrected chi connectivity index (χ1v) is 6.69. The molecule has 0 aromatic heterocycles. The number of amides is 1. The van der Waals surface area contributed by atoms with Crippen LogP contribution in [-0.2, 0) is 4.79 Å². The van der Waals surface area contributed by atoms with Crippen molar-refractivity contribution in [2.24, 2.45) is 28.4 Å². The van der Waals surface area contributed by atoms with Crippen LogP contribution in [0.4, 0.5) is 0 Å². The number of nitrogens with two attached hydrogens (primary N) is 1. The van der Waals surface area contributed by atoms with E-state index in [-0.39, 0.29) is 17.9 Å². The maximum Gasteiger partial charge on any atom is 0.237 e. The van der Waals surface area contributed by atoms with Gasteiger partial charge in [-0.25, -0.2) is 0 Å². The smallest absolute Gasteiger partial charge is 0.237 e. The van der Waals surface area contributed by atoms with Gasteiger partial charge in [-0.05, 0) is 22.7 Å². The van der Waals surface area contributed by atoms with Crippen molar-refractivity contribution in [3.05, 3.63) is 0 Å². The lowest BCUT2D eigenvalue weighted by molar-refractivity contribution is -0.123. The molecule has 0 saturated heterocycles. The van der Waals surface area contributed by atoms with E-state index in [0.717, 1.165) is 13.0 Å². The molecule has 3 nitrogen and oxygen atoms in total. The van der Waals surface area contributed by atoms with Gasteiger partial charge in [-0.2, -0.15) is 0 Å². The topological polar surface area (TPSA) is 55.1 Å². The fraction of sp³-hybridized carbons (Fsp3) is 0.929. The van der Waals surface area contributed by atoms with Gasteiger partial charge >= 0.3 is 0 Å². The van der Waals surface area contributed by atoms with E-state index in [0.29, 0.717) is 16.7 Å². The number of carbonyl (C=O) groups excluding carboxylic acids is 1. The summed E-state index contributed by atoms with van der Waals surface area (Å²) in [6, 6.07) is -0.370. The third kappa shape index (κ3) is 2.49. The van der Waals surface area contributed by atoms with Crippen molar-refractivity contribution in [1.29, 1.82) is 0 Å². The summed E-state index contributed by atoms with van der Waals surface area (Å²) in [7, 11) is 0. The quantitative estimate of drug-likeness (QED) is 0.773. The van der Waals surface area contributed by atoms with Gasteiger partial charge < -0.3 is 11.1 Å².